The number of carbonyl (C=O) groups is 3. The summed E-state index contributed by atoms with van der Waals surface area (Å²) in [5.74, 6) is -1.23. The van der Waals surface area contributed by atoms with Gasteiger partial charge in [0.25, 0.3) is 5.91 Å². The number of furan rings is 1. The molecule has 0 aliphatic carbocycles. The van der Waals surface area contributed by atoms with Gasteiger partial charge in [0.15, 0.2) is 5.54 Å². The monoisotopic (exact) mass is 379 g/mol. The Hall–Kier alpha value is -2.87. The number of hydrogen-bond donors (Lipinski definition) is 2. The summed E-state index contributed by atoms with van der Waals surface area (Å²) in [6, 6.07) is 6.17. The Kier molecular flexibility index (Phi) is 4.45. The molecule has 0 radical (unpaired) electrons. The van der Waals surface area contributed by atoms with Crippen LogP contribution in [-0.2, 0) is 15.1 Å². The van der Waals surface area contributed by atoms with E-state index in [0.717, 1.165) is 11.0 Å². The van der Waals surface area contributed by atoms with Crippen LogP contribution in [0.4, 0.5) is 14.9 Å². The SMILES string of the molecule is Cc1ccc(C2(C)NC(=O)N(CC(=O)Nc3cc(Cl)ccc3F)C2=O)o1. The van der Waals surface area contributed by atoms with E-state index in [4.69, 9.17) is 16.0 Å². The van der Waals surface area contributed by atoms with Crippen molar-refractivity contribution in [3.63, 3.8) is 0 Å². The molecule has 26 heavy (non-hydrogen) atoms. The Morgan fingerprint density at radius 1 is 1.35 bits per heavy atom. The number of nitrogens with zero attached hydrogens (tertiary/aromatic N) is 1. The van der Waals surface area contributed by atoms with Gasteiger partial charge in [0.1, 0.15) is 23.9 Å². The summed E-state index contributed by atoms with van der Waals surface area (Å²) in [7, 11) is 0. The fraction of sp³-hybridized carbons (Fsp3) is 0.235. The van der Waals surface area contributed by atoms with Gasteiger partial charge in [-0.3, -0.25) is 14.5 Å². The Labute approximate surface area is 153 Å². The summed E-state index contributed by atoms with van der Waals surface area (Å²) >= 11 is 5.77. The zero-order valence-corrected chi connectivity index (χ0v) is 14.7. The Morgan fingerprint density at radius 2 is 2.08 bits per heavy atom. The number of carbonyl (C=O) groups excluding carboxylic acids is 3. The number of benzene rings is 1. The van der Waals surface area contributed by atoms with E-state index < -0.39 is 35.7 Å². The number of rotatable bonds is 4. The van der Waals surface area contributed by atoms with Crippen molar-refractivity contribution >= 4 is 35.1 Å². The molecule has 2 aromatic rings. The maximum absolute atomic E-state index is 13.7. The van der Waals surface area contributed by atoms with Crippen molar-refractivity contribution in [1.82, 2.24) is 10.2 Å². The molecule has 1 aliphatic rings. The summed E-state index contributed by atoms with van der Waals surface area (Å²) in [5, 5.41) is 5.05. The molecule has 7 nitrogen and oxygen atoms in total. The summed E-state index contributed by atoms with van der Waals surface area (Å²) < 4.78 is 19.1. The van der Waals surface area contributed by atoms with Gasteiger partial charge in [-0.2, -0.15) is 0 Å². The molecule has 2 N–H and O–H groups in total. The van der Waals surface area contributed by atoms with Crippen molar-refractivity contribution in [2.75, 3.05) is 11.9 Å². The first-order chi connectivity index (χ1) is 12.2. The fourth-order valence-electron chi connectivity index (χ4n) is 2.64. The predicted molar refractivity (Wildman–Crippen MR) is 91.1 cm³/mol. The number of halogens is 2. The van der Waals surface area contributed by atoms with E-state index in [1.165, 1.54) is 19.1 Å². The largest absolute Gasteiger partial charge is 0.463 e. The normalized spacial score (nSPS) is 19.6. The van der Waals surface area contributed by atoms with Gasteiger partial charge in [-0.05, 0) is 44.2 Å². The molecule has 9 heteroatoms. The van der Waals surface area contributed by atoms with Crippen molar-refractivity contribution in [2.24, 2.45) is 0 Å². The Morgan fingerprint density at radius 3 is 2.73 bits per heavy atom. The van der Waals surface area contributed by atoms with Crippen molar-refractivity contribution in [3.05, 3.63) is 52.7 Å². The Bertz CT molecular complexity index is 913. The summed E-state index contributed by atoms with van der Waals surface area (Å²) in [6.45, 7) is 2.62. The molecule has 0 spiro atoms. The third kappa shape index (κ3) is 3.15. The number of imide groups is 1. The zero-order valence-electron chi connectivity index (χ0n) is 13.9. The molecular weight excluding hydrogens is 365 g/mol. The van der Waals surface area contributed by atoms with E-state index in [2.05, 4.69) is 10.6 Å². The first-order valence-corrected chi connectivity index (χ1v) is 8.04. The van der Waals surface area contributed by atoms with Gasteiger partial charge in [-0.15, -0.1) is 0 Å². The minimum Gasteiger partial charge on any atom is -0.463 e. The van der Waals surface area contributed by atoms with E-state index in [1.807, 2.05) is 0 Å². The van der Waals surface area contributed by atoms with Crippen LogP contribution in [-0.4, -0.2) is 29.3 Å². The fourth-order valence-corrected chi connectivity index (χ4v) is 2.81. The lowest BCUT2D eigenvalue weighted by atomic mass is 9.99. The van der Waals surface area contributed by atoms with Crippen LogP contribution < -0.4 is 10.6 Å². The van der Waals surface area contributed by atoms with Gasteiger partial charge in [-0.1, -0.05) is 11.6 Å². The average Bonchev–Trinajstić information content (AvgIpc) is 3.09. The summed E-state index contributed by atoms with van der Waals surface area (Å²) in [6.07, 6.45) is 0. The quantitative estimate of drug-likeness (QED) is 0.799. The van der Waals surface area contributed by atoms with Crippen LogP contribution in [0.25, 0.3) is 0 Å². The van der Waals surface area contributed by atoms with Gasteiger partial charge >= 0.3 is 6.03 Å². The number of anilines is 1. The number of amides is 4. The molecule has 0 saturated carbocycles. The van der Waals surface area contributed by atoms with Crippen LogP contribution in [0, 0.1) is 12.7 Å². The molecule has 1 unspecified atom stereocenters. The lowest BCUT2D eigenvalue weighted by molar-refractivity contribution is -0.134. The Balaban J connectivity index is 1.75. The standard InChI is InChI=1S/C17H15ClFN3O4/c1-9-3-6-13(26-9)17(2)15(24)22(16(25)21-17)8-14(23)20-12-7-10(18)4-5-11(12)19/h3-7H,8H2,1-2H3,(H,20,23)(H,21,25). The van der Waals surface area contributed by atoms with Gasteiger partial charge in [0.05, 0.1) is 5.69 Å². The van der Waals surface area contributed by atoms with Gasteiger partial charge in [0.2, 0.25) is 5.91 Å². The molecule has 2 heterocycles. The van der Waals surface area contributed by atoms with Crippen LogP contribution in [0.2, 0.25) is 5.02 Å². The third-order valence-electron chi connectivity index (χ3n) is 4.01. The second-order valence-corrected chi connectivity index (χ2v) is 6.47. The predicted octanol–water partition coefficient (Wildman–Crippen LogP) is 2.79. The lowest BCUT2D eigenvalue weighted by Crippen LogP contribution is -2.42. The molecule has 136 valence electrons. The molecule has 1 aromatic heterocycles. The molecule has 1 saturated heterocycles. The maximum Gasteiger partial charge on any atom is 0.325 e. The van der Waals surface area contributed by atoms with E-state index in [0.29, 0.717) is 5.76 Å². The maximum atomic E-state index is 13.7. The van der Waals surface area contributed by atoms with Crippen molar-refractivity contribution in [3.8, 4) is 0 Å². The van der Waals surface area contributed by atoms with Crippen LogP contribution in [0.3, 0.4) is 0 Å². The molecule has 1 atom stereocenters. The number of urea groups is 1. The van der Waals surface area contributed by atoms with Crippen molar-refractivity contribution in [2.45, 2.75) is 19.4 Å². The molecule has 0 bridgehead atoms. The minimum atomic E-state index is -1.41. The molecule has 1 fully saturated rings. The highest BCUT2D eigenvalue weighted by atomic mass is 35.5. The van der Waals surface area contributed by atoms with Gasteiger partial charge < -0.3 is 15.1 Å². The molecule has 1 aromatic carbocycles. The first kappa shape index (κ1) is 17.9. The number of nitrogens with one attached hydrogen (secondary N) is 2. The smallest absolute Gasteiger partial charge is 0.325 e. The second-order valence-electron chi connectivity index (χ2n) is 6.03. The highest BCUT2D eigenvalue weighted by molar-refractivity contribution is 6.30. The number of hydrogen-bond acceptors (Lipinski definition) is 4. The molecule has 4 amide bonds. The van der Waals surface area contributed by atoms with Crippen LogP contribution in [0.15, 0.2) is 34.7 Å². The van der Waals surface area contributed by atoms with E-state index in [9.17, 15) is 18.8 Å². The van der Waals surface area contributed by atoms with Crippen LogP contribution in [0.1, 0.15) is 18.4 Å². The molecule has 3 rings (SSSR count). The van der Waals surface area contributed by atoms with E-state index in [1.54, 1.807) is 19.1 Å². The topological polar surface area (TPSA) is 91.7 Å². The third-order valence-corrected chi connectivity index (χ3v) is 4.25. The molecule has 1 aliphatic heterocycles. The van der Waals surface area contributed by atoms with E-state index in [-0.39, 0.29) is 16.5 Å². The minimum absolute atomic E-state index is 0.140. The highest BCUT2D eigenvalue weighted by Crippen LogP contribution is 2.30. The lowest BCUT2D eigenvalue weighted by Gasteiger charge is -2.19. The zero-order chi connectivity index (χ0) is 19.1. The summed E-state index contributed by atoms with van der Waals surface area (Å²) in [4.78, 5) is 37.7. The van der Waals surface area contributed by atoms with Gasteiger partial charge in [-0.25, -0.2) is 9.18 Å². The second kappa shape index (κ2) is 6.45. The van der Waals surface area contributed by atoms with E-state index >= 15 is 0 Å². The highest BCUT2D eigenvalue weighted by Gasteiger charge is 2.51. The van der Waals surface area contributed by atoms with Crippen molar-refractivity contribution < 1.29 is 23.2 Å². The van der Waals surface area contributed by atoms with Gasteiger partial charge in [0, 0.05) is 5.02 Å². The van der Waals surface area contributed by atoms with Crippen LogP contribution >= 0.6 is 11.6 Å². The van der Waals surface area contributed by atoms with Crippen molar-refractivity contribution in [1.29, 1.82) is 0 Å². The average molecular weight is 380 g/mol. The molecular formula is C17H15ClFN3O4. The summed E-state index contributed by atoms with van der Waals surface area (Å²) in [5.41, 5.74) is -1.55. The number of aryl methyl sites for hydroxylation is 1. The van der Waals surface area contributed by atoms with Crippen LogP contribution in [0.5, 0.6) is 0 Å². The first-order valence-electron chi connectivity index (χ1n) is 7.66.